The number of hydrogen-bond acceptors (Lipinski definition) is 2. The van der Waals surface area contributed by atoms with E-state index in [0.717, 1.165) is 0 Å². The Kier molecular flexibility index (Phi) is 3.21. The molecule has 0 rings (SSSR count). The Bertz CT molecular complexity index is 159. The van der Waals surface area contributed by atoms with Crippen molar-refractivity contribution in [3.8, 4) is 0 Å². The number of allylic oxidation sites excluding steroid dienone is 1. The van der Waals surface area contributed by atoms with Crippen LogP contribution in [0, 0.1) is 0 Å². The Morgan fingerprint density at radius 3 is 2.38 bits per heavy atom. The standard InChI is InChI=1S/C3H7O3PS/c1-2-3-7-8(4,5)6/h2,7H,1,3H2,(H,4,5,6). The average molecular weight is 154 g/mol. The molecule has 0 spiro atoms. The van der Waals surface area contributed by atoms with Crippen LogP contribution in [-0.2, 0) is 9.74 Å². The van der Waals surface area contributed by atoms with E-state index in [0.29, 0.717) is 6.16 Å². The Labute approximate surface area is 50.1 Å². The lowest BCUT2D eigenvalue weighted by molar-refractivity contribution is 0.502. The van der Waals surface area contributed by atoms with Crippen LogP contribution in [0.15, 0.2) is 12.7 Å². The van der Waals surface area contributed by atoms with Gasteiger partial charge in [-0.1, -0.05) is 6.08 Å². The van der Waals surface area contributed by atoms with E-state index in [1.807, 2.05) is 0 Å². The van der Waals surface area contributed by atoms with Crippen LogP contribution in [0.3, 0.4) is 0 Å². The van der Waals surface area contributed by atoms with Gasteiger partial charge in [-0.2, -0.15) is 8.42 Å². The van der Waals surface area contributed by atoms with E-state index in [4.69, 9.17) is 4.55 Å². The second-order valence-corrected chi connectivity index (χ2v) is 5.17. The third-order valence-electron chi connectivity index (χ3n) is 0.410. The van der Waals surface area contributed by atoms with Crippen molar-refractivity contribution in [2.45, 2.75) is 0 Å². The summed E-state index contributed by atoms with van der Waals surface area (Å²) in [4.78, 5) is 0. The van der Waals surface area contributed by atoms with E-state index in [1.165, 1.54) is 6.08 Å². The summed E-state index contributed by atoms with van der Waals surface area (Å²) < 4.78 is 27.9. The molecule has 0 heterocycles. The maximum Gasteiger partial charge on any atom is 0.278 e. The van der Waals surface area contributed by atoms with Crippen LogP contribution in [0.25, 0.3) is 0 Å². The highest BCUT2D eigenvalue weighted by atomic mass is 32.8. The summed E-state index contributed by atoms with van der Waals surface area (Å²) in [6, 6.07) is 0. The fraction of sp³-hybridized carbons (Fsp3) is 0.333. The molecule has 0 bridgehead atoms. The van der Waals surface area contributed by atoms with Crippen molar-refractivity contribution < 1.29 is 13.0 Å². The molecule has 0 saturated carbocycles. The van der Waals surface area contributed by atoms with Gasteiger partial charge in [-0.25, -0.2) is 0 Å². The molecule has 5 heteroatoms. The molecule has 0 aliphatic rings. The summed E-state index contributed by atoms with van der Waals surface area (Å²) in [5, 5.41) is 0. The van der Waals surface area contributed by atoms with Gasteiger partial charge in [0.1, 0.15) is 0 Å². The zero-order valence-electron chi connectivity index (χ0n) is 4.16. The second-order valence-electron chi connectivity index (χ2n) is 1.11. The van der Waals surface area contributed by atoms with Gasteiger partial charge in [0.15, 0.2) is 0 Å². The molecule has 0 saturated heterocycles. The van der Waals surface area contributed by atoms with Crippen LogP contribution < -0.4 is 0 Å². The quantitative estimate of drug-likeness (QED) is 0.369. The molecule has 0 aromatic carbocycles. The molecule has 48 valence electrons. The van der Waals surface area contributed by atoms with Crippen LogP contribution in [0.5, 0.6) is 0 Å². The first-order valence-corrected chi connectivity index (χ1v) is 5.26. The first-order chi connectivity index (χ1) is 3.56. The molecule has 0 fully saturated rings. The van der Waals surface area contributed by atoms with Crippen LogP contribution in [0.1, 0.15) is 0 Å². The fourth-order valence-electron chi connectivity index (χ4n) is 0.164. The number of hydrogen-bond donors (Lipinski definition) is 1. The molecular weight excluding hydrogens is 147 g/mol. The molecular formula is C3H7O3PS. The van der Waals surface area contributed by atoms with Crippen LogP contribution in [0.4, 0.5) is 0 Å². The first-order valence-electron chi connectivity index (χ1n) is 1.89. The van der Waals surface area contributed by atoms with E-state index in [1.54, 1.807) is 0 Å². The van der Waals surface area contributed by atoms with Gasteiger partial charge in [0.05, 0.1) is 0 Å². The minimum atomic E-state index is -3.73. The normalized spacial score (nSPS) is 12.6. The van der Waals surface area contributed by atoms with Gasteiger partial charge in [-0.3, -0.25) is 4.55 Å². The van der Waals surface area contributed by atoms with Gasteiger partial charge in [0, 0.05) is 7.78 Å². The van der Waals surface area contributed by atoms with Crippen LogP contribution in [-0.4, -0.2) is 19.1 Å². The third-order valence-corrected chi connectivity index (χ3v) is 2.82. The highest BCUT2D eigenvalue weighted by Gasteiger charge is 1.98. The second kappa shape index (κ2) is 3.17. The molecule has 1 N–H and O–H groups in total. The maximum atomic E-state index is 9.91. The predicted octanol–water partition coefficient (Wildman–Crippen LogP) is 0.654. The van der Waals surface area contributed by atoms with Crippen molar-refractivity contribution in [3.05, 3.63) is 12.7 Å². The minimum Gasteiger partial charge on any atom is -0.283 e. The Balaban J connectivity index is 3.57. The molecule has 0 aliphatic heterocycles. The van der Waals surface area contributed by atoms with Crippen molar-refractivity contribution in [3.63, 3.8) is 0 Å². The first kappa shape index (κ1) is 8.08. The zero-order valence-corrected chi connectivity index (χ0v) is 5.98. The van der Waals surface area contributed by atoms with Crippen molar-refractivity contribution in [2.24, 2.45) is 0 Å². The Morgan fingerprint density at radius 1 is 1.75 bits per heavy atom. The summed E-state index contributed by atoms with van der Waals surface area (Å²) >= 11 is 0. The molecule has 0 aliphatic carbocycles. The largest absolute Gasteiger partial charge is 0.283 e. The van der Waals surface area contributed by atoms with E-state index in [2.05, 4.69) is 6.58 Å². The van der Waals surface area contributed by atoms with Gasteiger partial charge in [0.25, 0.3) is 9.74 Å². The molecule has 0 aromatic rings. The minimum absolute atomic E-state index is 0.332. The lowest BCUT2D eigenvalue weighted by Gasteiger charge is -1.87. The highest BCUT2D eigenvalue weighted by Crippen LogP contribution is 2.16. The Morgan fingerprint density at radius 2 is 2.25 bits per heavy atom. The molecule has 3 nitrogen and oxygen atoms in total. The highest BCUT2D eigenvalue weighted by molar-refractivity contribution is 8.40. The summed E-state index contributed by atoms with van der Waals surface area (Å²) in [6.45, 7) is 3.30. The molecule has 0 amide bonds. The third kappa shape index (κ3) is 6.08. The van der Waals surface area contributed by atoms with Gasteiger partial charge in [0.2, 0.25) is 0 Å². The average Bonchev–Trinajstić information content (AvgIpc) is 1.59. The molecule has 1 unspecified atom stereocenters. The van der Waals surface area contributed by atoms with Gasteiger partial charge in [-0.05, 0) is 6.16 Å². The monoisotopic (exact) mass is 154 g/mol. The smallest absolute Gasteiger partial charge is 0.278 e. The molecule has 0 radical (unpaired) electrons. The molecule has 8 heavy (non-hydrogen) atoms. The van der Waals surface area contributed by atoms with Crippen molar-refractivity contribution in [1.82, 2.24) is 0 Å². The summed E-state index contributed by atoms with van der Waals surface area (Å²) in [7, 11) is -4.18. The Hall–Kier alpha value is 0.0800. The SMILES string of the molecule is C=CCPS(=O)(=O)O. The van der Waals surface area contributed by atoms with Crippen LogP contribution >= 0.6 is 7.78 Å². The van der Waals surface area contributed by atoms with E-state index in [9.17, 15) is 8.42 Å². The summed E-state index contributed by atoms with van der Waals surface area (Å²) in [5.41, 5.74) is 0. The van der Waals surface area contributed by atoms with E-state index < -0.39 is 17.5 Å². The van der Waals surface area contributed by atoms with Crippen molar-refractivity contribution in [2.75, 3.05) is 6.16 Å². The van der Waals surface area contributed by atoms with E-state index >= 15 is 0 Å². The predicted molar refractivity (Wildman–Crippen MR) is 34.9 cm³/mol. The summed E-state index contributed by atoms with van der Waals surface area (Å²) in [6.07, 6.45) is 1.78. The van der Waals surface area contributed by atoms with Gasteiger partial charge >= 0.3 is 0 Å². The zero-order chi connectivity index (χ0) is 6.62. The number of rotatable bonds is 3. The lowest BCUT2D eigenvalue weighted by Crippen LogP contribution is -1.85. The topological polar surface area (TPSA) is 54.4 Å². The van der Waals surface area contributed by atoms with Crippen LogP contribution in [0.2, 0.25) is 0 Å². The maximum absolute atomic E-state index is 9.91. The van der Waals surface area contributed by atoms with Gasteiger partial charge in [-0.15, -0.1) is 6.58 Å². The molecule has 1 atom stereocenters. The van der Waals surface area contributed by atoms with Crippen molar-refractivity contribution in [1.29, 1.82) is 0 Å². The lowest BCUT2D eigenvalue weighted by atomic mass is 10.8. The van der Waals surface area contributed by atoms with E-state index in [-0.39, 0.29) is 0 Å². The molecule has 0 aromatic heterocycles. The summed E-state index contributed by atoms with van der Waals surface area (Å²) in [5.74, 6) is 0. The van der Waals surface area contributed by atoms with Crippen molar-refractivity contribution >= 4 is 17.5 Å². The fourth-order valence-corrected chi connectivity index (χ4v) is 1.48. The van der Waals surface area contributed by atoms with Gasteiger partial charge < -0.3 is 0 Å².